The van der Waals surface area contributed by atoms with E-state index in [1.54, 1.807) is 36.2 Å². The highest BCUT2D eigenvalue weighted by Gasteiger charge is 2.27. The number of carbonyl (C=O) groups excluding carboxylic acids is 2. The highest BCUT2D eigenvalue weighted by atomic mass is 32.2. The number of nitriles is 2. The van der Waals surface area contributed by atoms with Crippen LogP contribution in [0.15, 0.2) is 35.4 Å². The van der Waals surface area contributed by atoms with E-state index in [1.165, 1.54) is 0 Å². The lowest BCUT2D eigenvalue weighted by molar-refractivity contribution is -0.146. The van der Waals surface area contributed by atoms with Crippen molar-refractivity contribution >= 4 is 29.5 Å². The fraction of sp³-hybridized carbons (Fsp3) is 0.400. The van der Waals surface area contributed by atoms with Crippen LogP contribution in [-0.2, 0) is 20.7 Å². The number of nitrogens with two attached hydrogens (primary N) is 2. The number of aromatic nitrogens is 1. The van der Waals surface area contributed by atoms with Gasteiger partial charge in [-0.25, -0.2) is 4.98 Å². The topological polar surface area (TPSA) is 159 Å². The summed E-state index contributed by atoms with van der Waals surface area (Å²) in [4.78, 5) is 30.6. The van der Waals surface area contributed by atoms with Gasteiger partial charge in [-0.1, -0.05) is 62.9 Å². The SMILES string of the molecule is CCc1c(C#N)c(SC(C(N)=O)c2ccccc2)nc(N(C)CCOC(=O)[C@@H](N)C(C)C)c1C#N. The fourth-order valence-electron chi connectivity index (χ4n) is 3.33. The van der Waals surface area contributed by atoms with Crippen LogP contribution in [0.5, 0.6) is 0 Å². The molecule has 4 N–H and O–H groups in total. The van der Waals surface area contributed by atoms with E-state index in [0.717, 1.165) is 11.8 Å². The van der Waals surface area contributed by atoms with Crippen LogP contribution in [0, 0.1) is 28.6 Å². The number of rotatable bonds is 11. The summed E-state index contributed by atoms with van der Waals surface area (Å²) >= 11 is 1.07. The van der Waals surface area contributed by atoms with Gasteiger partial charge in [0, 0.05) is 7.05 Å². The lowest BCUT2D eigenvalue weighted by Gasteiger charge is -2.23. The first-order chi connectivity index (χ1) is 16.7. The van der Waals surface area contributed by atoms with Crippen LogP contribution in [0.1, 0.15) is 48.3 Å². The Morgan fingerprint density at radius 2 is 1.80 bits per heavy atom. The second kappa shape index (κ2) is 12.7. The van der Waals surface area contributed by atoms with Crippen molar-refractivity contribution in [2.45, 2.75) is 43.5 Å². The monoisotopic (exact) mass is 494 g/mol. The lowest BCUT2D eigenvalue weighted by atomic mass is 10.0. The maximum absolute atomic E-state index is 12.3. The number of esters is 1. The van der Waals surface area contributed by atoms with E-state index < -0.39 is 23.2 Å². The van der Waals surface area contributed by atoms with E-state index in [2.05, 4.69) is 17.1 Å². The molecule has 1 aromatic carbocycles. The van der Waals surface area contributed by atoms with Gasteiger partial charge in [0.25, 0.3) is 0 Å². The number of hydrogen-bond acceptors (Lipinski definition) is 9. The Bertz CT molecular complexity index is 1140. The molecule has 0 radical (unpaired) electrons. The zero-order valence-corrected chi connectivity index (χ0v) is 21.1. The summed E-state index contributed by atoms with van der Waals surface area (Å²) in [5.74, 6) is -0.802. The van der Waals surface area contributed by atoms with Gasteiger partial charge in [-0.2, -0.15) is 10.5 Å². The number of thioether (sulfide) groups is 1. The molecule has 184 valence electrons. The normalized spacial score (nSPS) is 12.3. The van der Waals surface area contributed by atoms with E-state index in [0.29, 0.717) is 28.4 Å². The number of pyridine rings is 1. The van der Waals surface area contributed by atoms with Gasteiger partial charge in [-0.3, -0.25) is 9.59 Å². The minimum absolute atomic E-state index is 0.0418. The van der Waals surface area contributed by atoms with Crippen LogP contribution in [0.2, 0.25) is 0 Å². The molecule has 0 spiro atoms. The van der Waals surface area contributed by atoms with Gasteiger partial charge in [0.2, 0.25) is 5.91 Å². The Hall–Kier alpha value is -3.60. The molecule has 1 amide bonds. The van der Waals surface area contributed by atoms with Crippen molar-refractivity contribution in [3.8, 4) is 12.1 Å². The van der Waals surface area contributed by atoms with E-state index >= 15 is 0 Å². The molecule has 35 heavy (non-hydrogen) atoms. The molecule has 0 fully saturated rings. The average molecular weight is 495 g/mol. The van der Waals surface area contributed by atoms with Gasteiger partial charge in [-0.15, -0.1) is 0 Å². The second-order valence-corrected chi connectivity index (χ2v) is 9.31. The predicted octanol–water partition coefficient (Wildman–Crippen LogP) is 2.67. The van der Waals surface area contributed by atoms with Crippen LogP contribution in [0.25, 0.3) is 0 Å². The first kappa shape index (κ1) is 27.6. The summed E-state index contributed by atoms with van der Waals surface area (Å²) in [6.07, 6.45) is 0.410. The maximum Gasteiger partial charge on any atom is 0.323 e. The number of amides is 1. The van der Waals surface area contributed by atoms with Crippen LogP contribution >= 0.6 is 11.8 Å². The first-order valence-electron chi connectivity index (χ1n) is 11.2. The number of nitrogens with zero attached hydrogens (tertiary/aromatic N) is 4. The lowest BCUT2D eigenvalue weighted by Crippen LogP contribution is -2.38. The van der Waals surface area contributed by atoms with E-state index in [9.17, 15) is 20.1 Å². The molecule has 0 bridgehead atoms. The average Bonchev–Trinajstić information content (AvgIpc) is 2.85. The Labute approximate surface area is 210 Å². The van der Waals surface area contributed by atoms with Crippen molar-refractivity contribution in [1.82, 2.24) is 4.98 Å². The van der Waals surface area contributed by atoms with Gasteiger partial charge in [0.1, 0.15) is 40.9 Å². The Kier molecular flexibility index (Phi) is 10.1. The fourth-order valence-corrected chi connectivity index (χ4v) is 4.39. The van der Waals surface area contributed by atoms with Crippen molar-refractivity contribution in [3.05, 3.63) is 52.6 Å². The number of carbonyl (C=O) groups is 2. The molecule has 0 aliphatic carbocycles. The molecule has 1 aromatic heterocycles. The van der Waals surface area contributed by atoms with Gasteiger partial charge >= 0.3 is 5.97 Å². The zero-order chi connectivity index (χ0) is 26.1. The second-order valence-electron chi connectivity index (χ2n) is 8.22. The standard InChI is InChI=1S/C25H30N6O3S/c1-5-17-18(13-26)23(31(4)11-12-34-25(33)20(28)15(2)3)30-24(19(17)14-27)35-21(22(29)32)16-9-7-6-8-10-16/h6-10,15,20-21H,5,11-12,28H2,1-4H3,(H2,29,32)/t20-,21?/m0/s1. The summed E-state index contributed by atoms with van der Waals surface area (Å²) < 4.78 is 5.28. The number of benzene rings is 1. The van der Waals surface area contributed by atoms with E-state index in [-0.39, 0.29) is 30.2 Å². The predicted molar refractivity (Wildman–Crippen MR) is 134 cm³/mol. The molecule has 1 heterocycles. The van der Waals surface area contributed by atoms with Crippen molar-refractivity contribution in [1.29, 1.82) is 10.5 Å². The molecule has 0 saturated heterocycles. The third-order valence-corrected chi connectivity index (χ3v) is 6.70. The molecule has 1 unspecified atom stereocenters. The largest absolute Gasteiger partial charge is 0.463 e. The van der Waals surface area contributed by atoms with E-state index in [1.807, 2.05) is 26.8 Å². The first-order valence-corrected chi connectivity index (χ1v) is 12.0. The van der Waals surface area contributed by atoms with Crippen molar-refractivity contribution < 1.29 is 14.3 Å². The highest BCUT2D eigenvalue weighted by Crippen LogP contribution is 2.39. The quantitative estimate of drug-likeness (QED) is 0.353. The molecule has 0 aliphatic heterocycles. The van der Waals surface area contributed by atoms with Gasteiger partial charge in [-0.05, 0) is 23.5 Å². The molecule has 2 aromatic rings. The molecular formula is C25H30N6O3S. The highest BCUT2D eigenvalue weighted by molar-refractivity contribution is 8.00. The molecular weight excluding hydrogens is 464 g/mol. The van der Waals surface area contributed by atoms with Gasteiger partial charge in [0.05, 0.1) is 17.7 Å². The Balaban J connectivity index is 2.42. The molecule has 0 aliphatic rings. The molecule has 9 nitrogen and oxygen atoms in total. The zero-order valence-electron chi connectivity index (χ0n) is 20.3. The Morgan fingerprint density at radius 1 is 1.17 bits per heavy atom. The smallest absolute Gasteiger partial charge is 0.323 e. The van der Waals surface area contributed by atoms with Crippen LogP contribution in [0.3, 0.4) is 0 Å². The molecule has 2 atom stereocenters. The summed E-state index contributed by atoms with van der Waals surface area (Å²) in [5.41, 5.74) is 13.2. The maximum atomic E-state index is 12.3. The van der Waals surface area contributed by atoms with Crippen molar-refractivity contribution in [3.63, 3.8) is 0 Å². The summed E-state index contributed by atoms with van der Waals surface area (Å²) in [5, 5.41) is 19.3. The van der Waals surface area contributed by atoms with Crippen molar-refractivity contribution in [2.75, 3.05) is 25.1 Å². The minimum atomic E-state index is -0.773. The molecule has 10 heteroatoms. The number of hydrogen-bond donors (Lipinski definition) is 2. The number of primary amides is 1. The van der Waals surface area contributed by atoms with Crippen LogP contribution in [-0.4, -0.2) is 43.1 Å². The third kappa shape index (κ3) is 6.72. The van der Waals surface area contributed by atoms with Gasteiger partial charge < -0.3 is 21.1 Å². The number of anilines is 1. The van der Waals surface area contributed by atoms with Crippen LogP contribution < -0.4 is 16.4 Å². The summed E-state index contributed by atoms with van der Waals surface area (Å²) in [7, 11) is 1.71. The van der Waals surface area contributed by atoms with Gasteiger partial charge in [0.15, 0.2) is 0 Å². The third-order valence-electron chi connectivity index (χ3n) is 5.44. The summed E-state index contributed by atoms with van der Waals surface area (Å²) in [6.45, 7) is 5.79. The Morgan fingerprint density at radius 3 is 2.31 bits per heavy atom. The minimum Gasteiger partial charge on any atom is -0.463 e. The molecule has 0 saturated carbocycles. The summed E-state index contributed by atoms with van der Waals surface area (Å²) in [6, 6.07) is 12.6. The van der Waals surface area contributed by atoms with Crippen LogP contribution in [0.4, 0.5) is 5.82 Å². The number of likely N-dealkylation sites (N-methyl/N-ethyl adjacent to an activating group) is 1. The van der Waals surface area contributed by atoms with E-state index in [4.69, 9.17) is 16.2 Å². The molecule has 2 rings (SSSR count). The number of ether oxygens (including phenoxy) is 1. The van der Waals surface area contributed by atoms with Crippen molar-refractivity contribution in [2.24, 2.45) is 17.4 Å².